The number of rotatable bonds is 6. The third-order valence-electron chi connectivity index (χ3n) is 3.26. The van der Waals surface area contributed by atoms with Crippen LogP contribution in [0, 0.1) is 6.92 Å². The molecular formula is C16H21N3. The van der Waals surface area contributed by atoms with E-state index in [1.807, 2.05) is 6.92 Å². The lowest BCUT2D eigenvalue weighted by atomic mass is 10.1. The van der Waals surface area contributed by atoms with Gasteiger partial charge in [-0.1, -0.05) is 30.3 Å². The van der Waals surface area contributed by atoms with Gasteiger partial charge in [0, 0.05) is 18.4 Å². The minimum atomic E-state index is 0.254. The van der Waals surface area contributed by atoms with Crippen molar-refractivity contribution in [2.75, 3.05) is 6.54 Å². The zero-order valence-corrected chi connectivity index (χ0v) is 11.6. The predicted octanol–water partition coefficient (Wildman–Crippen LogP) is 3.07. The van der Waals surface area contributed by atoms with Crippen LogP contribution in [0.15, 0.2) is 42.7 Å². The summed E-state index contributed by atoms with van der Waals surface area (Å²) in [7, 11) is 0. The summed E-state index contributed by atoms with van der Waals surface area (Å²) in [5, 5.41) is 3.51. The lowest BCUT2D eigenvalue weighted by molar-refractivity contribution is 0.542. The summed E-state index contributed by atoms with van der Waals surface area (Å²) in [5.74, 6) is 0. The Morgan fingerprint density at radius 3 is 2.58 bits per heavy atom. The molecule has 0 saturated heterocycles. The summed E-state index contributed by atoms with van der Waals surface area (Å²) < 4.78 is 0. The normalized spacial score (nSPS) is 12.3. The average Bonchev–Trinajstić information content (AvgIpc) is 2.45. The summed E-state index contributed by atoms with van der Waals surface area (Å²) >= 11 is 0. The first kappa shape index (κ1) is 13.7. The number of hydrogen-bond donors (Lipinski definition) is 1. The molecule has 0 fully saturated rings. The van der Waals surface area contributed by atoms with E-state index in [4.69, 9.17) is 0 Å². The Bertz CT molecular complexity index is 496. The monoisotopic (exact) mass is 255 g/mol. The molecule has 0 saturated carbocycles. The first-order valence-corrected chi connectivity index (χ1v) is 6.82. The molecule has 0 aliphatic rings. The van der Waals surface area contributed by atoms with Gasteiger partial charge in [-0.05, 0) is 38.8 Å². The molecule has 3 nitrogen and oxygen atoms in total. The lowest BCUT2D eigenvalue weighted by Crippen LogP contribution is -2.22. The second-order valence-electron chi connectivity index (χ2n) is 4.79. The lowest BCUT2D eigenvalue weighted by Gasteiger charge is -2.14. The van der Waals surface area contributed by atoms with Crippen molar-refractivity contribution in [3.63, 3.8) is 0 Å². The van der Waals surface area contributed by atoms with E-state index >= 15 is 0 Å². The van der Waals surface area contributed by atoms with Gasteiger partial charge in [-0.15, -0.1) is 0 Å². The number of benzene rings is 1. The first-order chi connectivity index (χ1) is 9.27. The highest BCUT2D eigenvalue weighted by Gasteiger charge is 2.08. The van der Waals surface area contributed by atoms with Crippen molar-refractivity contribution in [3.8, 4) is 0 Å². The van der Waals surface area contributed by atoms with E-state index in [0.29, 0.717) is 0 Å². The maximum Gasteiger partial charge on any atom is 0.0782 e. The molecule has 0 bridgehead atoms. The number of hydrogen-bond acceptors (Lipinski definition) is 3. The van der Waals surface area contributed by atoms with E-state index in [1.165, 1.54) is 5.56 Å². The molecular weight excluding hydrogens is 234 g/mol. The van der Waals surface area contributed by atoms with Crippen molar-refractivity contribution in [2.45, 2.75) is 32.7 Å². The molecule has 1 aromatic heterocycles. The Morgan fingerprint density at radius 1 is 1.11 bits per heavy atom. The number of aromatic nitrogens is 2. The Hall–Kier alpha value is -1.74. The topological polar surface area (TPSA) is 37.8 Å². The smallest absolute Gasteiger partial charge is 0.0782 e. The van der Waals surface area contributed by atoms with Crippen molar-refractivity contribution in [3.05, 3.63) is 59.7 Å². The molecule has 1 heterocycles. The zero-order valence-electron chi connectivity index (χ0n) is 11.6. The molecule has 1 N–H and O–H groups in total. The molecule has 0 radical (unpaired) electrons. The number of aryl methyl sites for hydroxylation is 2. The Labute approximate surface area is 115 Å². The van der Waals surface area contributed by atoms with Crippen molar-refractivity contribution < 1.29 is 0 Å². The van der Waals surface area contributed by atoms with E-state index in [2.05, 4.69) is 52.5 Å². The standard InChI is InChI=1S/C16H21N3/c1-13(16-14(2)18-11-12-19-16)17-10-6-9-15-7-4-3-5-8-15/h3-5,7-8,11-13,17H,6,9-10H2,1-2H3. The van der Waals surface area contributed by atoms with Crippen LogP contribution in [0.4, 0.5) is 0 Å². The third-order valence-corrected chi connectivity index (χ3v) is 3.26. The molecule has 0 aliphatic heterocycles. The van der Waals surface area contributed by atoms with Gasteiger partial charge in [0.05, 0.1) is 11.4 Å². The highest BCUT2D eigenvalue weighted by molar-refractivity contribution is 5.15. The van der Waals surface area contributed by atoms with E-state index < -0.39 is 0 Å². The largest absolute Gasteiger partial charge is 0.309 e. The van der Waals surface area contributed by atoms with Crippen molar-refractivity contribution in [2.24, 2.45) is 0 Å². The molecule has 0 spiro atoms. The molecule has 2 rings (SSSR count). The fraction of sp³-hybridized carbons (Fsp3) is 0.375. The molecule has 3 heteroatoms. The maximum absolute atomic E-state index is 4.39. The number of nitrogens with zero attached hydrogens (tertiary/aromatic N) is 2. The molecule has 100 valence electrons. The molecule has 1 aromatic carbocycles. The van der Waals surface area contributed by atoms with E-state index in [-0.39, 0.29) is 6.04 Å². The zero-order chi connectivity index (χ0) is 13.5. The van der Waals surface area contributed by atoms with Crippen LogP contribution >= 0.6 is 0 Å². The summed E-state index contributed by atoms with van der Waals surface area (Å²) in [4.78, 5) is 8.66. The SMILES string of the molecule is Cc1nccnc1C(C)NCCCc1ccccc1. The number of nitrogens with one attached hydrogen (secondary N) is 1. The van der Waals surface area contributed by atoms with Crippen molar-refractivity contribution in [1.82, 2.24) is 15.3 Å². The van der Waals surface area contributed by atoms with Gasteiger partial charge in [-0.3, -0.25) is 9.97 Å². The molecule has 0 aliphatic carbocycles. The average molecular weight is 255 g/mol. The van der Waals surface area contributed by atoms with Crippen LogP contribution < -0.4 is 5.32 Å². The van der Waals surface area contributed by atoms with Gasteiger partial charge < -0.3 is 5.32 Å². The fourth-order valence-corrected chi connectivity index (χ4v) is 2.20. The molecule has 1 unspecified atom stereocenters. The van der Waals surface area contributed by atoms with Crippen LogP contribution in [0.25, 0.3) is 0 Å². The van der Waals surface area contributed by atoms with Crippen LogP contribution in [0.1, 0.15) is 36.3 Å². The van der Waals surface area contributed by atoms with Gasteiger partial charge in [-0.25, -0.2) is 0 Å². The van der Waals surface area contributed by atoms with E-state index in [0.717, 1.165) is 30.8 Å². The van der Waals surface area contributed by atoms with Gasteiger partial charge in [-0.2, -0.15) is 0 Å². The second kappa shape index (κ2) is 7.00. The molecule has 0 amide bonds. The highest BCUT2D eigenvalue weighted by atomic mass is 14.9. The van der Waals surface area contributed by atoms with Gasteiger partial charge in [0.1, 0.15) is 0 Å². The Balaban J connectivity index is 1.76. The Kier molecular flexibility index (Phi) is 5.04. The van der Waals surface area contributed by atoms with Crippen LogP contribution in [-0.2, 0) is 6.42 Å². The van der Waals surface area contributed by atoms with Crippen LogP contribution in [0.2, 0.25) is 0 Å². The van der Waals surface area contributed by atoms with E-state index in [9.17, 15) is 0 Å². The molecule has 2 aromatic rings. The summed E-state index contributed by atoms with van der Waals surface area (Å²) in [5.41, 5.74) is 3.44. The third kappa shape index (κ3) is 4.14. The van der Waals surface area contributed by atoms with Crippen LogP contribution in [0.5, 0.6) is 0 Å². The highest BCUT2D eigenvalue weighted by Crippen LogP contribution is 2.11. The summed E-state index contributed by atoms with van der Waals surface area (Å²) in [6.07, 6.45) is 5.74. The minimum absolute atomic E-state index is 0.254. The van der Waals surface area contributed by atoms with Crippen LogP contribution in [0.3, 0.4) is 0 Å². The van der Waals surface area contributed by atoms with Gasteiger partial charge in [0.15, 0.2) is 0 Å². The van der Waals surface area contributed by atoms with Gasteiger partial charge >= 0.3 is 0 Å². The minimum Gasteiger partial charge on any atom is -0.309 e. The van der Waals surface area contributed by atoms with Crippen molar-refractivity contribution >= 4 is 0 Å². The second-order valence-corrected chi connectivity index (χ2v) is 4.79. The van der Waals surface area contributed by atoms with Gasteiger partial charge in [0.25, 0.3) is 0 Å². The molecule has 1 atom stereocenters. The predicted molar refractivity (Wildman–Crippen MR) is 77.9 cm³/mol. The first-order valence-electron chi connectivity index (χ1n) is 6.82. The Morgan fingerprint density at radius 2 is 1.84 bits per heavy atom. The summed E-state index contributed by atoms with van der Waals surface area (Å²) in [6, 6.07) is 10.8. The van der Waals surface area contributed by atoms with Gasteiger partial charge in [0.2, 0.25) is 0 Å². The maximum atomic E-state index is 4.39. The fourth-order valence-electron chi connectivity index (χ4n) is 2.20. The van der Waals surface area contributed by atoms with Crippen LogP contribution in [-0.4, -0.2) is 16.5 Å². The molecule has 19 heavy (non-hydrogen) atoms. The summed E-state index contributed by atoms with van der Waals surface area (Å²) in [6.45, 7) is 5.14. The van der Waals surface area contributed by atoms with Crippen molar-refractivity contribution in [1.29, 1.82) is 0 Å². The quantitative estimate of drug-likeness (QED) is 0.806. The van der Waals surface area contributed by atoms with E-state index in [1.54, 1.807) is 12.4 Å².